The van der Waals surface area contributed by atoms with Crippen LogP contribution in [0.1, 0.15) is 44.9 Å². The van der Waals surface area contributed by atoms with Crippen molar-refractivity contribution >= 4 is 5.91 Å². The van der Waals surface area contributed by atoms with Gasteiger partial charge in [-0.25, -0.2) is 0 Å². The van der Waals surface area contributed by atoms with Crippen LogP contribution in [0.5, 0.6) is 0 Å². The fourth-order valence-electron chi connectivity index (χ4n) is 4.31. The van der Waals surface area contributed by atoms with Gasteiger partial charge in [0.15, 0.2) is 0 Å². The summed E-state index contributed by atoms with van der Waals surface area (Å²) in [5.41, 5.74) is 0. The standard InChI is InChI=1S/C16H28N2O2/c19-16(5-2-8-18-9-11-20-12-10-18)17-15-7-6-13-3-1-4-14(13)15/h13-15H,1-12H2,(H,17,19)/t13-,14-,15-/m1/s1. The van der Waals surface area contributed by atoms with Gasteiger partial charge in [0, 0.05) is 25.6 Å². The Kier molecular flexibility index (Phi) is 4.94. The smallest absolute Gasteiger partial charge is 0.220 e. The van der Waals surface area contributed by atoms with Crippen LogP contribution in [0, 0.1) is 11.8 Å². The van der Waals surface area contributed by atoms with Gasteiger partial charge in [-0.05, 0) is 44.1 Å². The molecule has 1 heterocycles. The summed E-state index contributed by atoms with van der Waals surface area (Å²) in [6.07, 6.45) is 8.32. The Bertz CT molecular complexity index is 328. The molecule has 4 nitrogen and oxygen atoms in total. The van der Waals surface area contributed by atoms with E-state index in [-0.39, 0.29) is 5.91 Å². The number of carbonyl (C=O) groups excluding carboxylic acids is 1. The minimum absolute atomic E-state index is 0.274. The summed E-state index contributed by atoms with van der Waals surface area (Å²) < 4.78 is 5.33. The molecule has 2 saturated carbocycles. The van der Waals surface area contributed by atoms with Crippen LogP contribution in [0.3, 0.4) is 0 Å². The number of rotatable bonds is 5. The molecule has 0 radical (unpaired) electrons. The van der Waals surface area contributed by atoms with Gasteiger partial charge in [0.05, 0.1) is 13.2 Å². The molecule has 3 rings (SSSR count). The molecule has 0 unspecified atom stereocenters. The predicted molar refractivity (Wildman–Crippen MR) is 78.5 cm³/mol. The summed E-state index contributed by atoms with van der Waals surface area (Å²) in [5.74, 6) is 1.97. The first-order valence-corrected chi connectivity index (χ1v) is 8.42. The van der Waals surface area contributed by atoms with Crippen LogP contribution >= 0.6 is 0 Å². The van der Waals surface area contributed by atoms with Crippen LogP contribution in [0.25, 0.3) is 0 Å². The Morgan fingerprint density at radius 3 is 2.85 bits per heavy atom. The first-order chi connectivity index (χ1) is 9.83. The third-order valence-corrected chi connectivity index (χ3v) is 5.41. The number of ether oxygens (including phenoxy) is 1. The fourth-order valence-corrected chi connectivity index (χ4v) is 4.31. The van der Waals surface area contributed by atoms with Crippen molar-refractivity contribution in [3.05, 3.63) is 0 Å². The van der Waals surface area contributed by atoms with Crippen molar-refractivity contribution in [1.29, 1.82) is 0 Å². The maximum Gasteiger partial charge on any atom is 0.220 e. The Morgan fingerprint density at radius 1 is 1.15 bits per heavy atom. The number of fused-ring (bicyclic) bond motifs is 1. The highest BCUT2D eigenvalue weighted by atomic mass is 16.5. The fraction of sp³-hybridized carbons (Fsp3) is 0.938. The van der Waals surface area contributed by atoms with E-state index >= 15 is 0 Å². The van der Waals surface area contributed by atoms with Crippen LogP contribution in [-0.4, -0.2) is 49.7 Å². The number of nitrogens with zero attached hydrogens (tertiary/aromatic N) is 1. The molecule has 3 aliphatic rings. The van der Waals surface area contributed by atoms with E-state index in [9.17, 15) is 4.79 Å². The molecule has 1 amide bonds. The van der Waals surface area contributed by atoms with E-state index in [0.717, 1.165) is 51.1 Å². The third-order valence-electron chi connectivity index (χ3n) is 5.41. The monoisotopic (exact) mass is 280 g/mol. The molecule has 0 aromatic heterocycles. The first-order valence-electron chi connectivity index (χ1n) is 8.42. The second-order valence-electron chi connectivity index (χ2n) is 6.66. The highest BCUT2D eigenvalue weighted by molar-refractivity contribution is 5.76. The molecular weight excluding hydrogens is 252 g/mol. The number of carbonyl (C=O) groups is 1. The lowest BCUT2D eigenvalue weighted by Gasteiger charge is -2.26. The Labute approximate surface area is 122 Å². The van der Waals surface area contributed by atoms with Gasteiger partial charge in [0.1, 0.15) is 0 Å². The minimum Gasteiger partial charge on any atom is -0.379 e. The maximum absolute atomic E-state index is 12.1. The second-order valence-corrected chi connectivity index (χ2v) is 6.66. The zero-order chi connectivity index (χ0) is 13.8. The molecule has 2 aliphatic carbocycles. The summed E-state index contributed by atoms with van der Waals surface area (Å²) >= 11 is 0. The summed E-state index contributed by atoms with van der Waals surface area (Å²) in [4.78, 5) is 14.5. The molecule has 3 atom stereocenters. The maximum atomic E-state index is 12.1. The summed E-state index contributed by atoms with van der Waals surface area (Å²) in [6.45, 7) is 4.77. The van der Waals surface area contributed by atoms with Crippen LogP contribution in [0.4, 0.5) is 0 Å². The average molecular weight is 280 g/mol. The van der Waals surface area contributed by atoms with Crippen LogP contribution in [0.15, 0.2) is 0 Å². The van der Waals surface area contributed by atoms with Gasteiger partial charge in [-0.15, -0.1) is 0 Å². The zero-order valence-corrected chi connectivity index (χ0v) is 12.5. The van der Waals surface area contributed by atoms with E-state index in [1.54, 1.807) is 0 Å². The van der Waals surface area contributed by atoms with Crippen molar-refractivity contribution in [1.82, 2.24) is 10.2 Å². The zero-order valence-electron chi connectivity index (χ0n) is 12.5. The molecule has 20 heavy (non-hydrogen) atoms. The van der Waals surface area contributed by atoms with Crippen molar-refractivity contribution in [2.45, 2.75) is 51.0 Å². The number of hydrogen-bond acceptors (Lipinski definition) is 3. The molecule has 3 fully saturated rings. The molecule has 1 N–H and O–H groups in total. The highest BCUT2D eigenvalue weighted by Gasteiger charge is 2.39. The van der Waals surface area contributed by atoms with Gasteiger partial charge >= 0.3 is 0 Å². The molecule has 114 valence electrons. The third kappa shape index (κ3) is 3.53. The van der Waals surface area contributed by atoms with Gasteiger partial charge in [-0.1, -0.05) is 12.8 Å². The number of amides is 1. The first kappa shape index (κ1) is 14.3. The van der Waals surface area contributed by atoms with Crippen molar-refractivity contribution in [3.8, 4) is 0 Å². The Morgan fingerprint density at radius 2 is 2.00 bits per heavy atom. The molecule has 1 saturated heterocycles. The quantitative estimate of drug-likeness (QED) is 0.835. The van der Waals surface area contributed by atoms with Crippen molar-refractivity contribution in [2.24, 2.45) is 11.8 Å². The predicted octanol–water partition coefficient (Wildman–Crippen LogP) is 1.79. The number of nitrogens with one attached hydrogen (secondary N) is 1. The number of morpholine rings is 1. The van der Waals surface area contributed by atoms with E-state index in [4.69, 9.17) is 4.74 Å². The minimum atomic E-state index is 0.274. The molecule has 0 aromatic rings. The van der Waals surface area contributed by atoms with Crippen LogP contribution < -0.4 is 5.32 Å². The van der Waals surface area contributed by atoms with E-state index in [1.165, 1.54) is 32.1 Å². The molecule has 0 bridgehead atoms. The lowest BCUT2D eigenvalue weighted by molar-refractivity contribution is -0.122. The Balaban J connectivity index is 1.33. The van der Waals surface area contributed by atoms with E-state index in [2.05, 4.69) is 10.2 Å². The SMILES string of the molecule is O=C(CCCN1CCOCC1)N[C@@H]1CC[C@H]2CCC[C@H]21. The molecule has 0 aromatic carbocycles. The topological polar surface area (TPSA) is 41.6 Å². The van der Waals surface area contributed by atoms with Crippen LogP contribution in [-0.2, 0) is 9.53 Å². The van der Waals surface area contributed by atoms with E-state index < -0.39 is 0 Å². The normalized spacial score (nSPS) is 34.1. The number of hydrogen-bond donors (Lipinski definition) is 1. The van der Waals surface area contributed by atoms with Gasteiger partial charge in [0.2, 0.25) is 5.91 Å². The summed E-state index contributed by atoms with van der Waals surface area (Å²) in [6, 6.07) is 0.485. The summed E-state index contributed by atoms with van der Waals surface area (Å²) in [7, 11) is 0. The molecule has 1 aliphatic heterocycles. The van der Waals surface area contributed by atoms with E-state index in [0.29, 0.717) is 12.5 Å². The van der Waals surface area contributed by atoms with Crippen molar-refractivity contribution in [2.75, 3.05) is 32.8 Å². The van der Waals surface area contributed by atoms with E-state index in [1.807, 2.05) is 0 Å². The molecular formula is C16H28N2O2. The molecule has 4 heteroatoms. The van der Waals surface area contributed by atoms with Crippen molar-refractivity contribution < 1.29 is 9.53 Å². The second kappa shape index (κ2) is 6.90. The van der Waals surface area contributed by atoms with Crippen LogP contribution in [0.2, 0.25) is 0 Å². The Hall–Kier alpha value is -0.610. The highest BCUT2D eigenvalue weighted by Crippen LogP contribution is 2.43. The lowest BCUT2D eigenvalue weighted by Crippen LogP contribution is -2.39. The van der Waals surface area contributed by atoms with Gasteiger partial charge in [-0.3, -0.25) is 9.69 Å². The largest absolute Gasteiger partial charge is 0.379 e. The summed E-state index contributed by atoms with van der Waals surface area (Å²) in [5, 5.41) is 3.31. The van der Waals surface area contributed by atoms with Gasteiger partial charge in [0.25, 0.3) is 0 Å². The van der Waals surface area contributed by atoms with Gasteiger partial charge < -0.3 is 10.1 Å². The van der Waals surface area contributed by atoms with Crippen molar-refractivity contribution in [3.63, 3.8) is 0 Å². The van der Waals surface area contributed by atoms with Gasteiger partial charge in [-0.2, -0.15) is 0 Å². The molecule has 0 spiro atoms. The average Bonchev–Trinajstić information content (AvgIpc) is 3.05. The lowest BCUT2D eigenvalue weighted by atomic mass is 9.97.